The summed E-state index contributed by atoms with van der Waals surface area (Å²) < 4.78 is 41.6. The molecule has 0 radical (unpaired) electrons. The number of halogens is 6. The molecular formula is C11H5BrCl2F3N3O. The highest BCUT2D eigenvalue weighted by Gasteiger charge is 2.32. The third kappa shape index (κ3) is 4.62. The molecule has 112 valence electrons. The molecule has 0 spiro atoms. The smallest absolute Gasteiger partial charge is 0.404 e. The Kier molecular flexibility index (Phi) is 4.80. The van der Waals surface area contributed by atoms with Gasteiger partial charge in [-0.05, 0) is 29.8 Å². The van der Waals surface area contributed by atoms with Crippen LogP contribution in [-0.2, 0) is 0 Å². The first kappa shape index (κ1) is 16.1. The fourth-order valence-electron chi connectivity index (χ4n) is 1.37. The molecule has 1 aromatic carbocycles. The summed E-state index contributed by atoms with van der Waals surface area (Å²) in [6.45, 7) is 0. The Hall–Kier alpha value is -1.25. The lowest BCUT2D eigenvalue weighted by Crippen LogP contribution is -2.18. The second-order valence-electron chi connectivity index (χ2n) is 3.65. The van der Waals surface area contributed by atoms with Gasteiger partial charge in [-0.1, -0.05) is 27.5 Å². The second kappa shape index (κ2) is 6.25. The molecule has 0 unspecified atom stereocenters. The summed E-state index contributed by atoms with van der Waals surface area (Å²) in [4.78, 5) is 7.43. The number of hydrogen-bond acceptors (Lipinski definition) is 4. The third-order valence-corrected chi connectivity index (χ3v) is 3.09. The zero-order valence-corrected chi connectivity index (χ0v) is 13.0. The van der Waals surface area contributed by atoms with Gasteiger partial charge in [-0.2, -0.15) is 4.98 Å². The number of hydrogen-bond donors (Lipinski definition) is 1. The summed E-state index contributed by atoms with van der Waals surface area (Å²) in [5, 5.41) is 2.62. The van der Waals surface area contributed by atoms with Crippen molar-refractivity contribution in [2.24, 2.45) is 0 Å². The van der Waals surface area contributed by atoms with Crippen molar-refractivity contribution in [3.63, 3.8) is 0 Å². The minimum Gasteiger partial charge on any atom is -0.404 e. The van der Waals surface area contributed by atoms with Gasteiger partial charge >= 0.3 is 6.36 Å². The average molecular weight is 403 g/mol. The molecule has 0 saturated carbocycles. The van der Waals surface area contributed by atoms with E-state index in [9.17, 15) is 13.2 Å². The Morgan fingerprint density at radius 1 is 1.24 bits per heavy atom. The first-order valence-electron chi connectivity index (χ1n) is 5.25. The number of anilines is 2. The summed E-state index contributed by atoms with van der Waals surface area (Å²) in [7, 11) is 0. The molecule has 0 aliphatic rings. The van der Waals surface area contributed by atoms with Gasteiger partial charge in [0.25, 0.3) is 0 Å². The van der Waals surface area contributed by atoms with Crippen LogP contribution in [0.15, 0.2) is 28.9 Å². The molecule has 1 heterocycles. The lowest BCUT2D eigenvalue weighted by molar-refractivity contribution is -0.274. The van der Waals surface area contributed by atoms with Gasteiger partial charge in [0.05, 0.1) is 11.9 Å². The third-order valence-electron chi connectivity index (χ3n) is 2.14. The summed E-state index contributed by atoms with van der Waals surface area (Å²) in [5.74, 6) is -0.381. The van der Waals surface area contributed by atoms with Gasteiger partial charge < -0.3 is 10.1 Å². The summed E-state index contributed by atoms with van der Waals surface area (Å²) in [6, 6.07) is 4.06. The molecule has 1 aromatic heterocycles. The molecule has 1 N–H and O–H groups in total. The van der Waals surface area contributed by atoms with Crippen molar-refractivity contribution in [1.82, 2.24) is 9.97 Å². The van der Waals surface area contributed by atoms with Crippen molar-refractivity contribution < 1.29 is 17.9 Å². The average Bonchev–Trinajstić information content (AvgIpc) is 2.35. The van der Waals surface area contributed by atoms with Gasteiger partial charge in [0, 0.05) is 4.47 Å². The molecule has 21 heavy (non-hydrogen) atoms. The fourth-order valence-corrected chi connectivity index (χ4v) is 1.98. The highest BCUT2D eigenvalue weighted by Crippen LogP contribution is 2.35. The van der Waals surface area contributed by atoms with Crippen molar-refractivity contribution in [2.75, 3.05) is 5.32 Å². The van der Waals surface area contributed by atoms with Gasteiger partial charge in [-0.25, -0.2) is 4.98 Å². The molecule has 0 aliphatic carbocycles. The Morgan fingerprint density at radius 3 is 2.62 bits per heavy atom. The topological polar surface area (TPSA) is 47.0 Å². The summed E-state index contributed by atoms with van der Waals surface area (Å²) >= 11 is 14.5. The van der Waals surface area contributed by atoms with Gasteiger partial charge in [0.1, 0.15) is 5.02 Å². The number of rotatable bonds is 3. The van der Waals surface area contributed by atoms with Crippen LogP contribution >= 0.6 is 39.1 Å². The molecule has 2 rings (SSSR count). The predicted molar refractivity (Wildman–Crippen MR) is 76.2 cm³/mol. The van der Waals surface area contributed by atoms with E-state index < -0.39 is 12.1 Å². The van der Waals surface area contributed by atoms with Crippen LogP contribution in [0, 0.1) is 0 Å². The molecule has 4 nitrogen and oxygen atoms in total. The van der Waals surface area contributed by atoms with Gasteiger partial charge in [0.15, 0.2) is 11.6 Å². The van der Waals surface area contributed by atoms with Crippen LogP contribution in [0.5, 0.6) is 5.75 Å². The van der Waals surface area contributed by atoms with Crippen LogP contribution in [0.2, 0.25) is 10.3 Å². The van der Waals surface area contributed by atoms with E-state index in [0.717, 1.165) is 6.07 Å². The monoisotopic (exact) mass is 401 g/mol. The summed E-state index contributed by atoms with van der Waals surface area (Å²) in [5.41, 5.74) is 0.0205. The van der Waals surface area contributed by atoms with E-state index in [2.05, 4.69) is 36.0 Å². The molecule has 0 atom stereocenters. The van der Waals surface area contributed by atoms with Crippen LogP contribution in [0.3, 0.4) is 0 Å². The number of alkyl halides is 3. The number of nitrogens with zero attached hydrogens (tertiary/aromatic N) is 2. The van der Waals surface area contributed by atoms with Crippen LogP contribution in [0.4, 0.5) is 24.7 Å². The van der Waals surface area contributed by atoms with Crippen LogP contribution in [0.25, 0.3) is 0 Å². The predicted octanol–water partition coefficient (Wildman–Crippen LogP) is 5.19. The standard InChI is InChI=1S/C11H5BrCl2F3N3O/c12-5-1-2-7(8(3-5)21-11(15,16)17)19-9-6(13)4-18-10(14)20-9/h1-4H,(H,18,19,20). The van der Waals surface area contributed by atoms with Gasteiger partial charge in [-0.3, -0.25) is 0 Å². The van der Waals surface area contributed by atoms with Crippen molar-refractivity contribution in [3.05, 3.63) is 39.2 Å². The lowest BCUT2D eigenvalue weighted by atomic mass is 10.3. The van der Waals surface area contributed by atoms with E-state index in [0.29, 0.717) is 4.47 Å². The fraction of sp³-hybridized carbons (Fsp3) is 0.0909. The first-order chi connectivity index (χ1) is 9.74. The van der Waals surface area contributed by atoms with Crippen molar-refractivity contribution >= 4 is 50.6 Å². The van der Waals surface area contributed by atoms with Crippen LogP contribution in [-0.4, -0.2) is 16.3 Å². The summed E-state index contributed by atoms with van der Waals surface area (Å²) in [6.07, 6.45) is -3.60. The normalized spacial score (nSPS) is 11.3. The SMILES string of the molecule is FC(F)(F)Oc1cc(Br)ccc1Nc1nc(Cl)ncc1Cl. The zero-order chi connectivity index (χ0) is 15.6. The minimum absolute atomic E-state index is 0.0205. The molecule has 0 fully saturated rings. The maximum atomic E-state index is 12.4. The molecule has 0 aliphatic heterocycles. The molecule has 0 amide bonds. The molecule has 0 bridgehead atoms. The van der Waals surface area contributed by atoms with E-state index in [4.69, 9.17) is 23.2 Å². The Balaban J connectivity index is 2.37. The van der Waals surface area contributed by atoms with Crippen molar-refractivity contribution in [2.45, 2.75) is 6.36 Å². The number of benzene rings is 1. The Morgan fingerprint density at radius 2 is 1.95 bits per heavy atom. The molecule has 10 heteroatoms. The van der Waals surface area contributed by atoms with Crippen molar-refractivity contribution in [3.8, 4) is 5.75 Å². The highest BCUT2D eigenvalue weighted by molar-refractivity contribution is 9.10. The van der Waals surface area contributed by atoms with E-state index in [1.54, 1.807) is 0 Å². The van der Waals surface area contributed by atoms with E-state index in [-0.39, 0.29) is 21.8 Å². The number of nitrogens with one attached hydrogen (secondary N) is 1. The minimum atomic E-state index is -4.83. The number of ether oxygens (including phenoxy) is 1. The first-order valence-corrected chi connectivity index (χ1v) is 6.80. The molecular weight excluding hydrogens is 398 g/mol. The molecule has 2 aromatic rings. The van der Waals surface area contributed by atoms with Gasteiger partial charge in [0.2, 0.25) is 5.28 Å². The van der Waals surface area contributed by atoms with Crippen LogP contribution < -0.4 is 10.1 Å². The number of aromatic nitrogens is 2. The maximum absolute atomic E-state index is 12.4. The highest BCUT2D eigenvalue weighted by atomic mass is 79.9. The van der Waals surface area contributed by atoms with Crippen molar-refractivity contribution in [1.29, 1.82) is 0 Å². The zero-order valence-electron chi connectivity index (χ0n) is 9.88. The second-order valence-corrected chi connectivity index (χ2v) is 5.31. The van der Waals surface area contributed by atoms with E-state index >= 15 is 0 Å². The lowest BCUT2D eigenvalue weighted by Gasteiger charge is -2.15. The molecule has 0 saturated heterocycles. The Labute approximate surface area is 135 Å². The quantitative estimate of drug-likeness (QED) is 0.718. The Bertz CT molecular complexity index is 670. The maximum Gasteiger partial charge on any atom is 0.573 e. The van der Waals surface area contributed by atoms with Gasteiger partial charge in [-0.15, -0.1) is 13.2 Å². The van der Waals surface area contributed by atoms with Crippen LogP contribution in [0.1, 0.15) is 0 Å². The van der Waals surface area contributed by atoms with E-state index in [1.807, 2.05) is 0 Å². The largest absolute Gasteiger partial charge is 0.573 e. The van der Waals surface area contributed by atoms with E-state index in [1.165, 1.54) is 18.3 Å².